The van der Waals surface area contributed by atoms with E-state index in [1.807, 2.05) is 6.07 Å². The van der Waals surface area contributed by atoms with E-state index in [0.29, 0.717) is 31.5 Å². The molecule has 1 aliphatic rings. The number of thioether (sulfide) groups is 1. The van der Waals surface area contributed by atoms with Crippen LogP contribution in [0.1, 0.15) is 11.1 Å². The van der Waals surface area contributed by atoms with Crippen LogP contribution >= 0.6 is 50.9 Å². The van der Waals surface area contributed by atoms with Crippen LogP contribution in [0.25, 0.3) is 6.08 Å². The summed E-state index contributed by atoms with van der Waals surface area (Å²) in [7, 11) is 0. The van der Waals surface area contributed by atoms with Crippen LogP contribution in [0.3, 0.4) is 0 Å². The smallest absolute Gasteiger partial charge is 0.294 e. The van der Waals surface area contributed by atoms with Crippen LogP contribution in [0, 0.1) is 0 Å². The number of amides is 3. The van der Waals surface area contributed by atoms with Crippen molar-refractivity contribution >= 4 is 79.7 Å². The van der Waals surface area contributed by atoms with Crippen LogP contribution in [0.2, 0.25) is 10.0 Å². The van der Waals surface area contributed by atoms with E-state index in [9.17, 15) is 14.4 Å². The highest BCUT2D eigenvalue weighted by Gasteiger charge is 2.36. The highest BCUT2D eigenvalue weighted by atomic mass is 79.9. The van der Waals surface area contributed by atoms with Gasteiger partial charge in [0.1, 0.15) is 18.9 Å². The second kappa shape index (κ2) is 11.3. The highest BCUT2D eigenvalue weighted by Crippen LogP contribution is 2.32. The fourth-order valence-electron chi connectivity index (χ4n) is 3.14. The molecule has 35 heavy (non-hydrogen) atoms. The summed E-state index contributed by atoms with van der Waals surface area (Å²) in [6, 6.07) is 19.3. The molecule has 0 aliphatic carbocycles. The summed E-state index contributed by atoms with van der Waals surface area (Å²) in [6.45, 7) is -0.0980. The molecule has 1 heterocycles. The number of rotatable bonds is 7. The molecule has 0 aromatic heterocycles. The lowest BCUT2D eigenvalue weighted by Crippen LogP contribution is -2.36. The van der Waals surface area contributed by atoms with E-state index in [1.165, 1.54) is 0 Å². The van der Waals surface area contributed by atoms with Crippen molar-refractivity contribution in [3.05, 3.63) is 97.3 Å². The Balaban J connectivity index is 1.37. The number of hydrogen-bond acceptors (Lipinski definition) is 5. The number of benzene rings is 3. The van der Waals surface area contributed by atoms with Gasteiger partial charge in [-0.2, -0.15) is 0 Å². The zero-order chi connectivity index (χ0) is 24.9. The summed E-state index contributed by atoms with van der Waals surface area (Å²) in [5.74, 6) is -0.368. The molecule has 4 rings (SSSR count). The Kier molecular flexibility index (Phi) is 8.18. The standard InChI is InChI=1S/C25H17BrCl2N2O4S/c26-19-3-1-2-4-21(19)29-23(31)13-30-24(32)22(35-25(30)33)11-15-5-9-18(10-6-15)34-14-16-7-8-17(27)12-20(16)28/h1-12H,13-14H2,(H,29,31)/b22-11+. The average molecular weight is 592 g/mol. The van der Waals surface area contributed by atoms with Gasteiger partial charge in [0.2, 0.25) is 5.91 Å². The number of anilines is 1. The van der Waals surface area contributed by atoms with Crippen molar-refractivity contribution in [2.24, 2.45) is 0 Å². The summed E-state index contributed by atoms with van der Waals surface area (Å²) < 4.78 is 6.46. The van der Waals surface area contributed by atoms with Gasteiger partial charge in [0.25, 0.3) is 11.1 Å². The van der Waals surface area contributed by atoms with Crippen molar-refractivity contribution < 1.29 is 19.1 Å². The van der Waals surface area contributed by atoms with Crippen molar-refractivity contribution in [1.82, 2.24) is 4.90 Å². The Bertz CT molecular complexity index is 1330. The van der Waals surface area contributed by atoms with Crippen molar-refractivity contribution in [3.63, 3.8) is 0 Å². The minimum Gasteiger partial charge on any atom is -0.489 e. The lowest BCUT2D eigenvalue weighted by Gasteiger charge is -2.13. The molecule has 3 amide bonds. The van der Waals surface area contributed by atoms with Crippen LogP contribution in [0.15, 0.2) is 76.1 Å². The fraction of sp³-hybridized carbons (Fsp3) is 0.0800. The topological polar surface area (TPSA) is 75.7 Å². The number of hydrogen-bond donors (Lipinski definition) is 1. The summed E-state index contributed by atoms with van der Waals surface area (Å²) in [5.41, 5.74) is 2.07. The zero-order valence-corrected chi connectivity index (χ0v) is 21.9. The number of halogens is 3. The Morgan fingerprint density at radius 1 is 1.06 bits per heavy atom. The first-order chi connectivity index (χ1) is 16.8. The average Bonchev–Trinajstić information content (AvgIpc) is 3.08. The van der Waals surface area contributed by atoms with Crippen molar-refractivity contribution in [1.29, 1.82) is 0 Å². The summed E-state index contributed by atoms with van der Waals surface area (Å²) in [4.78, 5) is 38.6. The number of imide groups is 1. The third-order valence-electron chi connectivity index (χ3n) is 4.91. The van der Waals surface area contributed by atoms with Gasteiger partial charge in [-0.1, -0.05) is 53.5 Å². The molecule has 6 nitrogen and oxygen atoms in total. The maximum atomic E-state index is 12.7. The van der Waals surface area contributed by atoms with E-state index < -0.39 is 17.1 Å². The number of carbonyl (C=O) groups excluding carboxylic acids is 3. The second-order valence-electron chi connectivity index (χ2n) is 7.39. The minimum absolute atomic E-state index is 0.241. The van der Waals surface area contributed by atoms with E-state index >= 15 is 0 Å². The molecule has 0 saturated carbocycles. The largest absolute Gasteiger partial charge is 0.489 e. The van der Waals surface area contributed by atoms with Gasteiger partial charge in [0, 0.05) is 20.1 Å². The lowest BCUT2D eigenvalue weighted by atomic mass is 10.2. The third kappa shape index (κ3) is 6.46. The van der Waals surface area contributed by atoms with Gasteiger partial charge in [-0.25, -0.2) is 0 Å². The van der Waals surface area contributed by atoms with Gasteiger partial charge in [0.15, 0.2) is 0 Å². The number of nitrogens with one attached hydrogen (secondary N) is 1. The first kappa shape index (κ1) is 25.3. The van der Waals surface area contributed by atoms with Crippen LogP contribution in [0.4, 0.5) is 10.5 Å². The zero-order valence-electron chi connectivity index (χ0n) is 18.0. The molecule has 178 valence electrons. The molecular formula is C25H17BrCl2N2O4S. The molecule has 3 aromatic carbocycles. The van der Waals surface area contributed by atoms with Crippen molar-refractivity contribution in [2.45, 2.75) is 6.61 Å². The molecule has 1 saturated heterocycles. The quantitative estimate of drug-likeness (QED) is 0.299. The predicted octanol–water partition coefficient (Wildman–Crippen LogP) is 7.01. The molecule has 0 spiro atoms. The van der Waals surface area contributed by atoms with Gasteiger partial charge in [0.05, 0.1) is 10.6 Å². The summed E-state index contributed by atoms with van der Waals surface area (Å²) >= 11 is 16.2. The van der Waals surface area contributed by atoms with Gasteiger partial charge in [-0.3, -0.25) is 19.3 Å². The molecule has 1 fully saturated rings. The van der Waals surface area contributed by atoms with Crippen LogP contribution in [-0.4, -0.2) is 28.5 Å². The summed E-state index contributed by atoms with van der Waals surface area (Å²) in [6.07, 6.45) is 1.61. The molecule has 0 unspecified atom stereocenters. The predicted molar refractivity (Wildman–Crippen MR) is 143 cm³/mol. The van der Waals surface area contributed by atoms with Gasteiger partial charge >= 0.3 is 0 Å². The number of para-hydroxylation sites is 1. The number of nitrogens with zero attached hydrogens (tertiary/aromatic N) is 1. The number of ether oxygens (including phenoxy) is 1. The van der Waals surface area contributed by atoms with E-state index in [4.69, 9.17) is 27.9 Å². The Morgan fingerprint density at radius 3 is 2.51 bits per heavy atom. The molecule has 10 heteroatoms. The van der Waals surface area contributed by atoms with Crippen LogP contribution in [0.5, 0.6) is 5.75 Å². The van der Waals surface area contributed by atoms with E-state index in [0.717, 1.165) is 22.2 Å². The molecular weight excluding hydrogens is 575 g/mol. The lowest BCUT2D eigenvalue weighted by molar-refractivity contribution is -0.127. The number of carbonyl (C=O) groups is 3. The van der Waals surface area contributed by atoms with Gasteiger partial charge in [-0.05, 0) is 75.7 Å². The van der Waals surface area contributed by atoms with Crippen molar-refractivity contribution in [2.75, 3.05) is 11.9 Å². The monoisotopic (exact) mass is 590 g/mol. The summed E-state index contributed by atoms with van der Waals surface area (Å²) in [5, 5.41) is 3.27. The van der Waals surface area contributed by atoms with Crippen LogP contribution in [-0.2, 0) is 16.2 Å². The van der Waals surface area contributed by atoms with E-state index in [1.54, 1.807) is 66.7 Å². The highest BCUT2D eigenvalue weighted by molar-refractivity contribution is 9.10. The molecule has 1 aliphatic heterocycles. The Morgan fingerprint density at radius 2 is 1.80 bits per heavy atom. The van der Waals surface area contributed by atoms with Gasteiger partial charge < -0.3 is 10.1 Å². The first-order valence-electron chi connectivity index (χ1n) is 10.3. The van der Waals surface area contributed by atoms with E-state index in [-0.39, 0.29) is 18.1 Å². The molecule has 0 radical (unpaired) electrons. The molecule has 3 aromatic rings. The van der Waals surface area contributed by atoms with E-state index in [2.05, 4.69) is 21.2 Å². The first-order valence-corrected chi connectivity index (χ1v) is 12.6. The third-order valence-corrected chi connectivity index (χ3v) is 7.10. The SMILES string of the molecule is O=C(CN1C(=O)S/C(=C/c2ccc(OCc3ccc(Cl)cc3Cl)cc2)C1=O)Nc1ccccc1Br. The molecule has 1 N–H and O–H groups in total. The Hall–Kier alpha value is -2.78. The normalized spacial score (nSPS) is 14.5. The fourth-order valence-corrected chi connectivity index (χ4v) is 4.83. The minimum atomic E-state index is -0.514. The van der Waals surface area contributed by atoms with Crippen molar-refractivity contribution in [3.8, 4) is 5.75 Å². The van der Waals surface area contributed by atoms with Gasteiger partial charge in [-0.15, -0.1) is 0 Å². The Labute approximate surface area is 224 Å². The molecule has 0 bridgehead atoms. The second-order valence-corrected chi connectivity index (χ2v) is 10.1. The maximum Gasteiger partial charge on any atom is 0.294 e. The molecule has 0 atom stereocenters. The van der Waals surface area contributed by atoms with Crippen LogP contribution < -0.4 is 10.1 Å². The maximum absolute atomic E-state index is 12.7.